The molecule has 0 aromatic heterocycles. The van der Waals surface area contributed by atoms with Crippen LogP contribution in [-0.2, 0) is 32.3 Å². The summed E-state index contributed by atoms with van der Waals surface area (Å²) in [5.41, 5.74) is 1.47. The van der Waals surface area contributed by atoms with Gasteiger partial charge in [0.05, 0.1) is 0 Å². The van der Waals surface area contributed by atoms with Gasteiger partial charge in [-0.15, -0.1) is 0 Å². The minimum Gasteiger partial charge on any atom is -0.358 e. The first-order valence-electron chi connectivity index (χ1n) is 3.14. The predicted octanol–water partition coefficient (Wildman–Crippen LogP) is 3.26. The van der Waals surface area contributed by atoms with E-state index in [0.29, 0.717) is 0 Å². The smallest absolute Gasteiger partial charge is 0 e. The van der Waals surface area contributed by atoms with Crippen LogP contribution in [0.2, 0.25) is 0 Å². The number of hydrogen-bond donors (Lipinski definition) is 0. The second-order valence-electron chi connectivity index (χ2n) is 2.04. The quantitative estimate of drug-likeness (QED) is 0.580. The van der Waals surface area contributed by atoms with Crippen molar-refractivity contribution in [2.24, 2.45) is 0 Å². The molecule has 0 radical (unpaired) electrons. The molecular weight excluding hydrogens is 299 g/mol. The Labute approximate surface area is 90.2 Å². The van der Waals surface area contributed by atoms with Crippen LogP contribution < -0.4 is 0 Å². The summed E-state index contributed by atoms with van der Waals surface area (Å²) in [5, 5.41) is 0. The van der Waals surface area contributed by atoms with Crippen molar-refractivity contribution in [3.05, 3.63) is 44.7 Å². The molecular formula is C10H17Hf-3. The van der Waals surface area contributed by atoms with Crippen molar-refractivity contribution < 1.29 is 25.8 Å². The molecule has 0 spiro atoms. The summed E-state index contributed by atoms with van der Waals surface area (Å²) in [6.07, 6.45) is 2.48. The predicted molar refractivity (Wildman–Crippen MR) is 48.9 cm³/mol. The van der Waals surface area contributed by atoms with E-state index in [0.717, 1.165) is 0 Å². The fraction of sp³-hybridized carbons (Fsp3) is 0.300. The molecule has 64 valence electrons. The molecule has 11 heavy (non-hydrogen) atoms. The third-order valence-electron chi connectivity index (χ3n) is 1.27. The molecule has 1 aromatic carbocycles. The largest absolute Gasteiger partial charge is 0.358 e. The maximum Gasteiger partial charge on any atom is 0 e. The summed E-state index contributed by atoms with van der Waals surface area (Å²) in [6, 6.07) is 8.52. The van der Waals surface area contributed by atoms with Crippen molar-refractivity contribution in [2.45, 2.75) is 19.8 Å². The van der Waals surface area contributed by atoms with Crippen LogP contribution in [0.3, 0.4) is 0 Å². The zero-order chi connectivity index (χ0) is 5.82. The number of hydrogen-bond acceptors (Lipinski definition) is 0. The Morgan fingerprint density at radius 1 is 1.09 bits per heavy atom. The van der Waals surface area contributed by atoms with Crippen LogP contribution in [0.25, 0.3) is 0 Å². The Hall–Kier alpha value is 0.220. The second kappa shape index (κ2) is 10.2. The van der Waals surface area contributed by atoms with E-state index in [4.69, 9.17) is 0 Å². The van der Waals surface area contributed by atoms with Gasteiger partial charge in [0.2, 0.25) is 0 Å². The normalized spacial score (nSPS) is 7.00. The monoisotopic (exact) mass is 317 g/mol. The van der Waals surface area contributed by atoms with Gasteiger partial charge in [0.25, 0.3) is 0 Å². The van der Waals surface area contributed by atoms with Gasteiger partial charge in [-0.1, -0.05) is 19.8 Å². The van der Waals surface area contributed by atoms with E-state index < -0.39 is 0 Å². The van der Waals surface area contributed by atoms with Crippen molar-refractivity contribution in [3.63, 3.8) is 0 Å². The zero-order valence-corrected chi connectivity index (χ0v) is 11.3. The number of aryl methyl sites for hydroxylation is 1. The molecule has 0 bridgehead atoms. The first kappa shape index (κ1) is 17.3. The van der Waals surface area contributed by atoms with E-state index in [1.165, 1.54) is 18.4 Å². The summed E-state index contributed by atoms with van der Waals surface area (Å²) in [5.74, 6) is 0. The van der Waals surface area contributed by atoms with Gasteiger partial charge in [0.1, 0.15) is 0 Å². The zero-order valence-electron chi connectivity index (χ0n) is 7.72. The standard InChI is InChI=1S/C8H11.2CH3.Hf/c1-2-5-8-6-3-4-7-8;;;/h3-4,6-7H,2,5H2,1H3;2*1H3;/q3*-1;. The Bertz CT molecular complexity index is 131. The van der Waals surface area contributed by atoms with Crippen molar-refractivity contribution in [3.8, 4) is 0 Å². The van der Waals surface area contributed by atoms with Crippen LogP contribution in [0.4, 0.5) is 0 Å². The molecule has 0 aliphatic heterocycles. The average Bonchev–Trinajstić information content (AvgIpc) is 2.19. The minimum atomic E-state index is 0. The van der Waals surface area contributed by atoms with Gasteiger partial charge in [-0.3, -0.25) is 0 Å². The van der Waals surface area contributed by atoms with Gasteiger partial charge in [-0.05, 0) is 0 Å². The first-order chi connectivity index (χ1) is 3.93. The van der Waals surface area contributed by atoms with Gasteiger partial charge in [0.15, 0.2) is 0 Å². The molecule has 0 heterocycles. The summed E-state index contributed by atoms with van der Waals surface area (Å²) < 4.78 is 0. The van der Waals surface area contributed by atoms with Crippen LogP contribution >= 0.6 is 0 Å². The maximum absolute atomic E-state index is 2.20. The molecule has 0 atom stereocenters. The molecule has 0 amide bonds. The van der Waals surface area contributed by atoms with Crippen LogP contribution in [-0.4, -0.2) is 0 Å². The second-order valence-corrected chi connectivity index (χ2v) is 2.04. The molecule has 1 rings (SSSR count). The summed E-state index contributed by atoms with van der Waals surface area (Å²) in [4.78, 5) is 0. The van der Waals surface area contributed by atoms with E-state index in [1.54, 1.807) is 0 Å². The van der Waals surface area contributed by atoms with E-state index in [-0.39, 0.29) is 40.7 Å². The van der Waals surface area contributed by atoms with Crippen molar-refractivity contribution in [1.29, 1.82) is 0 Å². The molecule has 1 aromatic rings. The Kier molecular flexibility index (Phi) is 16.1. The van der Waals surface area contributed by atoms with Gasteiger partial charge in [0, 0.05) is 25.8 Å². The van der Waals surface area contributed by atoms with E-state index in [2.05, 4.69) is 31.2 Å². The molecule has 0 unspecified atom stereocenters. The van der Waals surface area contributed by atoms with E-state index in [9.17, 15) is 0 Å². The average molecular weight is 316 g/mol. The van der Waals surface area contributed by atoms with Crippen molar-refractivity contribution in [1.82, 2.24) is 0 Å². The third kappa shape index (κ3) is 6.61. The Morgan fingerprint density at radius 3 is 1.91 bits per heavy atom. The topological polar surface area (TPSA) is 0 Å². The SMILES string of the molecule is CCC[c-]1cccc1.[CH3-].[CH3-].[Hf]. The van der Waals surface area contributed by atoms with Crippen LogP contribution in [0, 0.1) is 14.9 Å². The van der Waals surface area contributed by atoms with Crippen LogP contribution in [0.5, 0.6) is 0 Å². The van der Waals surface area contributed by atoms with E-state index >= 15 is 0 Å². The Balaban J connectivity index is -0.000000213. The minimum absolute atomic E-state index is 0. The maximum atomic E-state index is 2.20. The molecule has 0 saturated carbocycles. The summed E-state index contributed by atoms with van der Waals surface area (Å²) in [7, 11) is 0. The molecule has 0 saturated heterocycles. The van der Waals surface area contributed by atoms with Crippen LogP contribution in [0.1, 0.15) is 18.9 Å². The summed E-state index contributed by atoms with van der Waals surface area (Å²) in [6.45, 7) is 2.20. The fourth-order valence-corrected chi connectivity index (χ4v) is 0.869. The van der Waals surface area contributed by atoms with Crippen LogP contribution in [0.15, 0.2) is 24.3 Å². The molecule has 0 nitrogen and oxygen atoms in total. The molecule has 0 aliphatic rings. The molecule has 0 aliphatic carbocycles. The van der Waals surface area contributed by atoms with Gasteiger partial charge < -0.3 is 14.9 Å². The fourth-order valence-electron chi connectivity index (χ4n) is 0.869. The van der Waals surface area contributed by atoms with Crippen molar-refractivity contribution in [2.75, 3.05) is 0 Å². The van der Waals surface area contributed by atoms with Gasteiger partial charge in [-0.2, -0.15) is 17.7 Å². The third-order valence-corrected chi connectivity index (χ3v) is 1.27. The van der Waals surface area contributed by atoms with Gasteiger partial charge in [-0.25, -0.2) is 12.1 Å². The van der Waals surface area contributed by atoms with E-state index in [1.807, 2.05) is 0 Å². The number of rotatable bonds is 2. The van der Waals surface area contributed by atoms with Crippen molar-refractivity contribution >= 4 is 0 Å². The summed E-state index contributed by atoms with van der Waals surface area (Å²) >= 11 is 0. The first-order valence-corrected chi connectivity index (χ1v) is 3.14. The molecule has 1 heteroatoms. The Morgan fingerprint density at radius 2 is 1.55 bits per heavy atom. The van der Waals surface area contributed by atoms with Gasteiger partial charge >= 0.3 is 0 Å². The molecule has 0 N–H and O–H groups in total. The molecule has 0 fully saturated rings.